The number of hydrogen-bond acceptors (Lipinski definition) is 4. The Morgan fingerprint density at radius 2 is 2.29 bits per heavy atom. The number of aliphatic hydroxyl groups excluding tert-OH is 1. The zero-order chi connectivity index (χ0) is 10.6. The van der Waals surface area contributed by atoms with Crippen molar-refractivity contribution in [3.8, 4) is 0 Å². The van der Waals surface area contributed by atoms with Crippen LogP contribution in [0.5, 0.6) is 0 Å². The molecule has 0 aliphatic heterocycles. The van der Waals surface area contributed by atoms with E-state index in [0.29, 0.717) is 12.1 Å². The minimum atomic E-state index is -1.24. The Labute approximate surface area is 83.4 Å². The highest BCUT2D eigenvalue weighted by Crippen LogP contribution is 2.25. The van der Waals surface area contributed by atoms with E-state index in [1.165, 1.54) is 0 Å². The van der Waals surface area contributed by atoms with E-state index in [2.05, 4.69) is 4.98 Å². The number of pyridine rings is 1. The van der Waals surface area contributed by atoms with Crippen LogP contribution >= 0.6 is 0 Å². The first kappa shape index (κ1) is 11.1. The van der Waals surface area contributed by atoms with Gasteiger partial charge in [0.15, 0.2) is 0 Å². The van der Waals surface area contributed by atoms with Gasteiger partial charge in [0.1, 0.15) is 5.60 Å². The van der Waals surface area contributed by atoms with Gasteiger partial charge in [-0.2, -0.15) is 0 Å². The lowest BCUT2D eigenvalue weighted by molar-refractivity contribution is -0.0157. The molecule has 0 amide bonds. The summed E-state index contributed by atoms with van der Waals surface area (Å²) in [4.78, 5) is 4.05. The zero-order valence-corrected chi connectivity index (χ0v) is 8.22. The zero-order valence-electron chi connectivity index (χ0n) is 8.22. The summed E-state index contributed by atoms with van der Waals surface area (Å²) >= 11 is 0. The van der Waals surface area contributed by atoms with Gasteiger partial charge in [-0.05, 0) is 18.6 Å². The van der Waals surface area contributed by atoms with Gasteiger partial charge in [0.2, 0.25) is 0 Å². The first-order valence-corrected chi connectivity index (χ1v) is 4.65. The molecule has 1 aromatic heterocycles. The van der Waals surface area contributed by atoms with Crippen LogP contribution in [0.4, 0.5) is 0 Å². The highest BCUT2D eigenvalue weighted by molar-refractivity contribution is 5.15. The van der Waals surface area contributed by atoms with Crippen molar-refractivity contribution in [3.05, 3.63) is 30.1 Å². The molecule has 1 aromatic rings. The molecule has 1 heterocycles. The molecular weight excluding hydrogens is 180 g/mol. The van der Waals surface area contributed by atoms with E-state index in [-0.39, 0.29) is 6.61 Å². The van der Waals surface area contributed by atoms with Crippen LogP contribution in [0.1, 0.15) is 19.0 Å². The van der Waals surface area contributed by atoms with Gasteiger partial charge >= 0.3 is 0 Å². The van der Waals surface area contributed by atoms with Gasteiger partial charge in [-0.15, -0.1) is 0 Å². The summed E-state index contributed by atoms with van der Waals surface area (Å²) in [6.07, 6.45) is 2.02. The lowest BCUT2D eigenvalue weighted by atomic mass is 9.88. The molecule has 1 rings (SSSR count). The van der Waals surface area contributed by atoms with E-state index < -0.39 is 11.6 Å². The quantitative estimate of drug-likeness (QED) is 0.633. The van der Waals surface area contributed by atoms with Gasteiger partial charge in [-0.1, -0.05) is 13.0 Å². The maximum Gasteiger partial charge on any atom is 0.123 e. The third-order valence-electron chi connectivity index (χ3n) is 2.46. The van der Waals surface area contributed by atoms with Crippen molar-refractivity contribution in [3.63, 3.8) is 0 Å². The fraction of sp³-hybridized carbons (Fsp3) is 0.500. The van der Waals surface area contributed by atoms with Crippen LogP contribution in [0.3, 0.4) is 0 Å². The first-order valence-electron chi connectivity index (χ1n) is 4.65. The highest BCUT2D eigenvalue weighted by atomic mass is 16.3. The molecule has 0 saturated carbocycles. The maximum atomic E-state index is 10.2. The summed E-state index contributed by atoms with van der Waals surface area (Å²) in [7, 11) is 0. The van der Waals surface area contributed by atoms with Crippen molar-refractivity contribution in [2.75, 3.05) is 6.61 Å². The van der Waals surface area contributed by atoms with E-state index in [4.69, 9.17) is 10.8 Å². The maximum absolute atomic E-state index is 10.2. The van der Waals surface area contributed by atoms with Gasteiger partial charge in [0.05, 0.1) is 18.3 Å². The molecule has 0 aliphatic carbocycles. The monoisotopic (exact) mass is 196 g/mol. The van der Waals surface area contributed by atoms with Crippen LogP contribution in [0, 0.1) is 0 Å². The van der Waals surface area contributed by atoms with Crippen molar-refractivity contribution in [2.24, 2.45) is 5.73 Å². The number of aromatic nitrogens is 1. The molecule has 4 heteroatoms. The first-order chi connectivity index (χ1) is 6.65. The molecule has 0 saturated heterocycles. The van der Waals surface area contributed by atoms with Crippen LogP contribution in [0.2, 0.25) is 0 Å². The van der Waals surface area contributed by atoms with Crippen LogP contribution in [0.15, 0.2) is 24.4 Å². The molecular formula is C10H16N2O2. The summed E-state index contributed by atoms with van der Waals surface area (Å²) in [5.41, 5.74) is 4.92. The molecule has 14 heavy (non-hydrogen) atoms. The van der Waals surface area contributed by atoms with Crippen molar-refractivity contribution in [1.29, 1.82) is 0 Å². The molecule has 0 bridgehead atoms. The van der Waals surface area contributed by atoms with Crippen molar-refractivity contribution >= 4 is 0 Å². The van der Waals surface area contributed by atoms with Gasteiger partial charge in [-0.25, -0.2) is 0 Å². The van der Waals surface area contributed by atoms with Gasteiger partial charge in [0.25, 0.3) is 0 Å². The Morgan fingerprint density at radius 1 is 1.57 bits per heavy atom. The summed E-state index contributed by atoms with van der Waals surface area (Å²) in [6.45, 7) is 1.55. The van der Waals surface area contributed by atoms with Crippen molar-refractivity contribution in [1.82, 2.24) is 4.98 Å². The van der Waals surface area contributed by atoms with Crippen LogP contribution in [-0.4, -0.2) is 27.8 Å². The largest absolute Gasteiger partial charge is 0.395 e. The third-order valence-corrected chi connectivity index (χ3v) is 2.46. The molecule has 0 fully saturated rings. The lowest BCUT2D eigenvalue weighted by Crippen LogP contribution is -2.48. The summed E-state index contributed by atoms with van der Waals surface area (Å²) < 4.78 is 0. The van der Waals surface area contributed by atoms with Crippen molar-refractivity contribution in [2.45, 2.75) is 25.0 Å². The third kappa shape index (κ3) is 1.92. The van der Waals surface area contributed by atoms with Crippen LogP contribution in [0.25, 0.3) is 0 Å². The summed E-state index contributed by atoms with van der Waals surface area (Å²) in [5, 5.41) is 19.2. The van der Waals surface area contributed by atoms with E-state index in [1.807, 2.05) is 6.92 Å². The van der Waals surface area contributed by atoms with E-state index >= 15 is 0 Å². The molecule has 4 N–H and O–H groups in total. The SMILES string of the molecule is CCC(O)(c1ccccn1)[C@@H](N)CO. The Bertz CT molecular complexity index is 279. The van der Waals surface area contributed by atoms with Crippen molar-refractivity contribution < 1.29 is 10.2 Å². The number of hydrogen-bond donors (Lipinski definition) is 3. The van der Waals surface area contributed by atoms with E-state index in [9.17, 15) is 5.11 Å². The molecule has 0 radical (unpaired) electrons. The number of aliphatic hydroxyl groups is 2. The number of rotatable bonds is 4. The second-order valence-electron chi connectivity index (χ2n) is 3.28. The Morgan fingerprint density at radius 3 is 2.71 bits per heavy atom. The fourth-order valence-electron chi connectivity index (χ4n) is 1.40. The number of nitrogens with zero attached hydrogens (tertiary/aromatic N) is 1. The minimum Gasteiger partial charge on any atom is -0.395 e. The standard InChI is InChI=1S/C10H16N2O2/c1-2-10(14,8(11)7-13)9-5-3-4-6-12-9/h3-6,8,13-14H,2,7,11H2,1H3/t8-,10?/m0/s1. The second-order valence-corrected chi connectivity index (χ2v) is 3.28. The Balaban J connectivity index is 3.01. The summed E-state index contributed by atoms with van der Waals surface area (Å²) in [5.74, 6) is 0. The Kier molecular flexibility index (Phi) is 3.57. The minimum absolute atomic E-state index is 0.263. The van der Waals surface area contributed by atoms with E-state index in [1.54, 1.807) is 24.4 Å². The molecule has 0 spiro atoms. The average Bonchev–Trinajstić information content (AvgIpc) is 2.28. The fourth-order valence-corrected chi connectivity index (χ4v) is 1.40. The predicted octanol–water partition coefficient (Wildman–Crippen LogP) is -0.00120. The van der Waals surface area contributed by atoms with Crippen LogP contribution in [-0.2, 0) is 5.60 Å². The molecule has 1 unspecified atom stereocenters. The molecule has 78 valence electrons. The van der Waals surface area contributed by atoms with E-state index in [0.717, 1.165) is 0 Å². The van der Waals surface area contributed by atoms with Gasteiger partial charge in [-0.3, -0.25) is 4.98 Å². The predicted molar refractivity (Wildman–Crippen MR) is 53.5 cm³/mol. The Hall–Kier alpha value is -0.970. The lowest BCUT2D eigenvalue weighted by Gasteiger charge is -2.31. The highest BCUT2D eigenvalue weighted by Gasteiger charge is 2.35. The summed E-state index contributed by atoms with van der Waals surface area (Å²) in [6, 6.07) is 4.55. The molecule has 4 nitrogen and oxygen atoms in total. The topological polar surface area (TPSA) is 79.4 Å². The van der Waals surface area contributed by atoms with Gasteiger partial charge < -0.3 is 15.9 Å². The second kappa shape index (κ2) is 4.50. The average molecular weight is 196 g/mol. The number of nitrogens with two attached hydrogens (primary N) is 1. The molecule has 2 atom stereocenters. The molecule has 0 aliphatic rings. The van der Waals surface area contributed by atoms with Crippen LogP contribution < -0.4 is 5.73 Å². The smallest absolute Gasteiger partial charge is 0.123 e. The molecule has 0 aromatic carbocycles. The van der Waals surface area contributed by atoms with Gasteiger partial charge in [0, 0.05) is 6.20 Å². The normalized spacial score (nSPS) is 17.4.